The highest BCUT2D eigenvalue weighted by Crippen LogP contribution is 2.20. The zero-order valence-electron chi connectivity index (χ0n) is 13.9. The van der Waals surface area contributed by atoms with Crippen LogP contribution in [0, 0.1) is 6.92 Å². The van der Waals surface area contributed by atoms with Gasteiger partial charge in [-0.2, -0.15) is 0 Å². The molecule has 3 aromatic rings. The highest BCUT2D eigenvalue weighted by atomic mass is 16.5. The second-order valence-corrected chi connectivity index (χ2v) is 5.45. The third kappa shape index (κ3) is 3.42. The van der Waals surface area contributed by atoms with E-state index in [1.807, 2.05) is 19.1 Å². The normalized spacial score (nSPS) is 10.3. The van der Waals surface area contributed by atoms with Crippen LogP contribution in [0.5, 0.6) is 5.75 Å². The molecule has 0 spiro atoms. The minimum Gasteiger partial charge on any atom is -0.495 e. The smallest absolute Gasteiger partial charge is 0.298 e. The molecule has 0 saturated heterocycles. The van der Waals surface area contributed by atoms with E-state index in [9.17, 15) is 9.59 Å². The largest absolute Gasteiger partial charge is 0.495 e. The van der Waals surface area contributed by atoms with Gasteiger partial charge >= 0.3 is 0 Å². The van der Waals surface area contributed by atoms with E-state index in [1.54, 1.807) is 36.4 Å². The molecule has 0 aliphatic rings. The lowest BCUT2D eigenvalue weighted by Crippen LogP contribution is -2.26. The van der Waals surface area contributed by atoms with Crippen molar-refractivity contribution >= 4 is 11.7 Å². The SMILES string of the molecule is COc1ccccc1-n1ccnc(NC(=O)c2cccc(C)c2)c1=O. The molecule has 1 amide bonds. The summed E-state index contributed by atoms with van der Waals surface area (Å²) >= 11 is 0. The van der Waals surface area contributed by atoms with E-state index in [0.717, 1.165) is 5.56 Å². The van der Waals surface area contributed by atoms with Gasteiger partial charge in [0.1, 0.15) is 5.75 Å². The lowest BCUT2D eigenvalue weighted by atomic mass is 10.1. The van der Waals surface area contributed by atoms with E-state index in [0.29, 0.717) is 17.0 Å². The Labute approximate surface area is 144 Å². The van der Waals surface area contributed by atoms with Crippen molar-refractivity contribution in [3.8, 4) is 11.4 Å². The minimum atomic E-state index is -0.437. The quantitative estimate of drug-likeness (QED) is 0.796. The van der Waals surface area contributed by atoms with Crippen LogP contribution < -0.4 is 15.6 Å². The number of carbonyl (C=O) groups is 1. The second kappa shape index (κ2) is 7.00. The predicted molar refractivity (Wildman–Crippen MR) is 95.5 cm³/mol. The van der Waals surface area contributed by atoms with Crippen molar-refractivity contribution < 1.29 is 9.53 Å². The van der Waals surface area contributed by atoms with Gasteiger partial charge in [-0.3, -0.25) is 14.2 Å². The molecule has 126 valence electrons. The predicted octanol–water partition coefficient (Wildman–Crippen LogP) is 2.80. The Morgan fingerprint density at radius 2 is 1.96 bits per heavy atom. The number of nitrogens with zero attached hydrogens (tertiary/aromatic N) is 2. The Morgan fingerprint density at radius 3 is 2.72 bits per heavy atom. The topological polar surface area (TPSA) is 73.2 Å². The van der Waals surface area contributed by atoms with E-state index in [-0.39, 0.29) is 11.7 Å². The molecule has 1 heterocycles. The third-order valence-corrected chi connectivity index (χ3v) is 3.70. The van der Waals surface area contributed by atoms with Crippen LogP contribution in [-0.2, 0) is 0 Å². The fraction of sp³-hybridized carbons (Fsp3) is 0.105. The summed E-state index contributed by atoms with van der Waals surface area (Å²) in [5.41, 5.74) is 1.56. The third-order valence-electron chi connectivity index (χ3n) is 3.70. The number of methoxy groups -OCH3 is 1. The first-order valence-electron chi connectivity index (χ1n) is 7.69. The molecule has 6 nitrogen and oxygen atoms in total. The fourth-order valence-corrected chi connectivity index (χ4v) is 2.48. The van der Waals surface area contributed by atoms with Crippen LogP contribution in [0.25, 0.3) is 5.69 Å². The molecule has 0 fully saturated rings. The fourth-order valence-electron chi connectivity index (χ4n) is 2.48. The van der Waals surface area contributed by atoms with E-state index < -0.39 is 5.56 Å². The number of rotatable bonds is 4. The van der Waals surface area contributed by atoms with E-state index in [4.69, 9.17) is 4.74 Å². The van der Waals surface area contributed by atoms with Crippen molar-refractivity contribution in [3.63, 3.8) is 0 Å². The molecule has 2 aromatic carbocycles. The molecule has 0 radical (unpaired) electrons. The van der Waals surface area contributed by atoms with Crippen molar-refractivity contribution in [2.45, 2.75) is 6.92 Å². The number of ether oxygens (including phenoxy) is 1. The van der Waals surface area contributed by atoms with E-state index in [2.05, 4.69) is 10.3 Å². The molecule has 1 N–H and O–H groups in total. The number of carbonyl (C=O) groups excluding carboxylic acids is 1. The van der Waals surface area contributed by atoms with Crippen LogP contribution in [-0.4, -0.2) is 22.6 Å². The molecular weight excluding hydrogens is 318 g/mol. The van der Waals surface area contributed by atoms with Crippen LogP contribution in [0.3, 0.4) is 0 Å². The van der Waals surface area contributed by atoms with Gasteiger partial charge in [0.2, 0.25) is 0 Å². The molecular formula is C19H17N3O3. The highest BCUT2D eigenvalue weighted by Gasteiger charge is 2.13. The Morgan fingerprint density at radius 1 is 1.16 bits per heavy atom. The molecule has 0 aliphatic heterocycles. The first-order valence-corrected chi connectivity index (χ1v) is 7.69. The van der Waals surface area contributed by atoms with Gasteiger partial charge < -0.3 is 10.1 Å². The van der Waals surface area contributed by atoms with Crippen molar-refractivity contribution in [2.75, 3.05) is 12.4 Å². The second-order valence-electron chi connectivity index (χ2n) is 5.45. The summed E-state index contributed by atoms with van der Waals surface area (Å²) in [6, 6.07) is 14.2. The van der Waals surface area contributed by atoms with Crippen molar-refractivity contribution in [1.82, 2.24) is 9.55 Å². The van der Waals surface area contributed by atoms with Crippen LogP contribution in [0.1, 0.15) is 15.9 Å². The van der Waals surface area contributed by atoms with Gasteiger partial charge in [-0.15, -0.1) is 0 Å². The van der Waals surface area contributed by atoms with Crippen LogP contribution in [0.2, 0.25) is 0 Å². The summed E-state index contributed by atoms with van der Waals surface area (Å²) in [6.45, 7) is 1.90. The Kier molecular flexibility index (Phi) is 4.61. The van der Waals surface area contributed by atoms with Crippen molar-refractivity contribution in [3.05, 3.63) is 82.4 Å². The van der Waals surface area contributed by atoms with Crippen LogP contribution in [0.15, 0.2) is 65.7 Å². The van der Waals surface area contributed by atoms with Crippen LogP contribution >= 0.6 is 0 Å². The van der Waals surface area contributed by atoms with E-state index in [1.165, 1.54) is 24.1 Å². The lowest BCUT2D eigenvalue weighted by Gasteiger charge is -2.12. The van der Waals surface area contributed by atoms with Crippen molar-refractivity contribution in [2.24, 2.45) is 0 Å². The van der Waals surface area contributed by atoms with Gasteiger partial charge in [0, 0.05) is 18.0 Å². The van der Waals surface area contributed by atoms with E-state index >= 15 is 0 Å². The highest BCUT2D eigenvalue weighted by molar-refractivity contribution is 6.03. The van der Waals surface area contributed by atoms with Gasteiger partial charge in [0.15, 0.2) is 5.82 Å². The average Bonchev–Trinajstić information content (AvgIpc) is 2.63. The summed E-state index contributed by atoms with van der Waals surface area (Å²) in [6.07, 6.45) is 2.99. The number of aromatic nitrogens is 2. The van der Waals surface area contributed by atoms with Gasteiger partial charge in [0.25, 0.3) is 11.5 Å². The molecule has 0 unspecified atom stereocenters. The zero-order valence-corrected chi connectivity index (χ0v) is 13.9. The number of benzene rings is 2. The standard InChI is InChI=1S/C19H17N3O3/c1-13-6-5-7-14(12-13)18(23)21-17-19(24)22(11-10-20-17)15-8-3-4-9-16(15)25-2/h3-12H,1-2H3,(H,20,21,23). The maximum absolute atomic E-state index is 12.7. The Hall–Kier alpha value is -3.41. The van der Waals surface area contributed by atoms with Gasteiger partial charge in [0.05, 0.1) is 12.8 Å². The Bertz CT molecular complexity index is 979. The zero-order chi connectivity index (χ0) is 17.8. The lowest BCUT2D eigenvalue weighted by molar-refractivity contribution is 0.102. The number of amides is 1. The average molecular weight is 335 g/mol. The first kappa shape index (κ1) is 16.4. The monoisotopic (exact) mass is 335 g/mol. The first-order chi connectivity index (χ1) is 12.1. The molecule has 6 heteroatoms. The van der Waals surface area contributed by atoms with Gasteiger partial charge in [-0.05, 0) is 31.2 Å². The summed E-state index contributed by atoms with van der Waals surface area (Å²) in [5.74, 6) is 0.123. The summed E-state index contributed by atoms with van der Waals surface area (Å²) in [5, 5.41) is 2.58. The maximum atomic E-state index is 12.7. The van der Waals surface area contributed by atoms with Crippen molar-refractivity contribution in [1.29, 1.82) is 0 Å². The Balaban J connectivity index is 1.97. The summed E-state index contributed by atoms with van der Waals surface area (Å²) in [4.78, 5) is 29.1. The minimum absolute atomic E-state index is 0.0417. The number of nitrogens with one attached hydrogen (secondary N) is 1. The molecule has 0 bridgehead atoms. The van der Waals surface area contributed by atoms with Crippen LogP contribution in [0.4, 0.5) is 5.82 Å². The molecule has 0 atom stereocenters. The maximum Gasteiger partial charge on any atom is 0.298 e. The number of anilines is 1. The summed E-state index contributed by atoms with van der Waals surface area (Å²) in [7, 11) is 1.53. The molecule has 0 saturated carbocycles. The molecule has 1 aromatic heterocycles. The number of aryl methyl sites for hydroxylation is 1. The number of hydrogen-bond donors (Lipinski definition) is 1. The molecule has 3 rings (SSSR count). The number of hydrogen-bond acceptors (Lipinski definition) is 4. The summed E-state index contributed by atoms with van der Waals surface area (Å²) < 4.78 is 6.68. The molecule has 0 aliphatic carbocycles. The van der Waals surface area contributed by atoms with Gasteiger partial charge in [-0.1, -0.05) is 29.8 Å². The van der Waals surface area contributed by atoms with Gasteiger partial charge in [-0.25, -0.2) is 4.98 Å². The number of para-hydroxylation sites is 2. The molecule has 25 heavy (non-hydrogen) atoms.